The average Bonchev–Trinajstić information content (AvgIpc) is 2.74. The first-order valence-corrected chi connectivity index (χ1v) is 11.2. The number of allylic oxidation sites excluding steroid dienone is 1. The molecule has 166 valence electrons. The fourth-order valence-corrected chi connectivity index (χ4v) is 2.58. The predicted molar refractivity (Wildman–Crippen MR) is 138 cm³/mol. The molecular weight excluding hydrogens is 658 g/mol. The first-order chi connectivity index (χ1) is 14.4. The number of alkyl halides is 1. The normalized spacial score (nSPS) is 7.88. The summed E-state index contributed by atoms with van der Waals surface area (Å²) in [6.07, 6.45) is 5.58. The molecule has 0 heterocycles. The number of carbonyl (C=O) groups excluding carboxylic acids is 1. The van der Waals surface area contributed by atoms with E-state index in [-0.39, 0.29) is 111 Å². The summed E-state index contributed by atoms with van der Waals surface area (Å²) in [5, 5.41) is 9.33. The van der Waals surface area contributed by atoms with Crippen molar-refractivity contribution in [1.82, 2.24) is 0 Å². The Hall–Kier alpha value is 1.40. The van der Waals surface area contributed by atoms with Crippen LogP contribution in [0.2, 0.25) is 0 Å². The number of benzene rings is 2. The van der Waals surface area contributed by atoms with Crippen molar-refractivity contribution < 1.29 is 119 Å². The zero-order chi connectivity index (χ0) is 23.2. The number of nitrogens with zero attached hydrogens (tertiary/aromatic N) is 1. The van der Waals surface area contributed by atoms with E-state index in [0.717, 1.165) is 33.1 Å². The molecule has 0 unspecified atom stereocenters. The molecule has 10 heteroatoms. The van der Waals surface area contributed by atoms with Gasteiger partial charge in [-0.15, -0.1) is 19.7 Å². The second-order valence-corrected chi connectivity index (χ2v) is 7.63. The summed E-state index contributed by atoms with van der Waals surface area (Å²) in [4.78, 5) is 13.4. The van der Waals surface area contributed by atoms with Crippen LogP contribution in [0, 0.1) is 0 Å². The van der Waals surface area contributed by atoms with Crippen LogP contribution in [-0.2, 0) is 9.68 Å². The smallest absolute Gasteiger partial charge is 1.00 e. The van der Waals surface area contributed by atoms with Crippen LogP contribution in [0.15, 0.2) is 95.4 Å². The Bertz CT molecular complexity index is 725. The van der Waals surface area contributed by atoms with E-state index < -0.39 is 0 Å². The molecule has 0 fully saturated rings. The molecular formula is C22H27Br3K2N2O3. The van der Waals surface area contributed by atoms with Gasteiger partial charge in [-0.2, -0.15) is 0 Å². The van der Waals surface area contributed by atoms with Gasteiger partial charge in [0.2, 0.25) is 0 Å². The second-order valence-electron chi connectivity index (χ2n) is 5.15. The summed E-state index contributed by atoms with van der Waals surface area (Å²) < 4.78 is 2.12. The van der Waals surface area contributed by atoms with Crippen LogP contribution in [0.25, 0.3) is 0 Å². The SMILES string of the molecule is C=CCBr.C=CCN(CC=C)c1cccc(Br)c1.Nc1cccc(Br)c1.O=CO[O-].[H-].[K+].[K+]. The van der Waals surface area contributed by atoms with Crippen molar-refractivity contribution in [2.45, 2.75) is 0 Å². The van der Waals surface area contributed by atoms with Gasteiger partial charge in [-0.3, -0.25) is 4.79 Å². The standard InChI is InChI=1S/C12H14BrN.C6H6BrN.C3H5Br.CH2O3.2K.H/c1-3-8-14(9-4-2)12-7-5-6-11(13)10-12;7-5-2-1-3-6(8)4-5;1-2-3-4;2-1-4-3;;;/h3-7,10H,1-2,8-9H2;1-4H,8H2;2H,1,3H2;1,3H;;;/q;;;;2*+1;-1/p-1. The van der Waals surface area contributed by atoms with E-state index >= 15 is 0 Å². The van der Waals surface area contributed by atoms with Crippen LogP contribution < -0.4 is 119 Å². The summed E-state index contributed by atoms with van der Waals surface area (Å²) in [6, 6.07) is 15.8. The third-order valence-electron chi connectivity index (χ3n) is 2.87. The molecule has 2 rings (SSSR count). The van der Waals surface area contributed by atoms with E-state index in [1.54, 1.807) is 6.08 Å². The van der Waals surface area contributed by atoms with E-state index in [9.17, 15) is 0 Å². The number of carbonyl (C=O) groups is 1. The maximum Gasteiger partial charge on any atom is 1.00 e. The fourth-order valence-electron chi connectivity index (χ4n) is 1.78. The van der Waals surface area contributed by atoms with Gasteiger partial charge in [0.05, 0.1) is 0 Å². The van der Waals surface area contributed by atoms with E-state index in [2.05, 4.69) is 89.4 Å². The Morgan fingerprint density at radius 3 is 1.69 bits per heavy atom. The Labute approximate surface area is 303 Å². The largest absolute Gasteiger partial charge is 1.00 e. The summed E-state index contributed by atoms with van der Waals surface area (Å²) >= 11 is 9.87. The predicted octanol–water partition coefficient (Wildman–Crippen LogP) is -0.219. The molecule has 2 N–H and O–H groups in total. The van der Waals surface area contributed by atoms with Gasteiger partial charge < -0.3 is 22.2 Å². The Morgan fingerprint density at radius 2 is 1.41 bits per heavy atom. The minimum atomic E-state index is -0.181. The van der Waals surface area contributed by atoms with Gasteiger partial charge >= 0.3 is 103 Å². The third kappa shape index (κ3) is 26.0. The Morgan fingerprint density at radius 1 is 0.969 bits per heavy atom. The van der Waals surface area contributed by atoms with E-state index in [1.165, 1.54) is 5.69 Å². The van der Waals surface area contributed by atoms with Gasteiger partial charge in [0, 0.05) is 38.7 Å². The molecule has 0 bridgehead atoms. The topological polar surface area (TPSA) is 78.6 Å². The molecule has 2 aromatic carbocycles. The van der Waals surface area contributed by atoms with Crippen molar-refractivity contribution in [1.29, 1.82) is 0 Å². The molecule has 0 aliphatic heterocycles. The van der Waals surface area contributed by atoms with Crippen LogP contribution in [0.1, 0.15) is 1.43 Å². The number of nitrogen functional groups attached to an aromatic ring is 1. The van der Waals surface area contributed by atoms with Crippen LogP contribution in [0.5, 0.6) is 0 Å². The minimum absolute atomic E-state index is 0. The number of rotatable bonds is 7. The van der Waals surface area contributed by atoms with Crippen molar-refractivity contribution in [2.24, 2.45) is 0 Å². The summed E-state index contributed by atoms with van der Waals surface area (Å²) in [6.45, 7) is 12.4. The number of hydrogen-bond donors (Lipinski definition) is 1. The molecule has 0 aromatic heterocycles. The number of hydrogen-bond acceptors (Lipinski definition) is 5. The molecule has 2 aromatic rings. The quantitative estimate of drug-likeness (QED) is 0.0831. The van der Waals surface area contributed by atoms with Crippen LogP contribution in [-0.4, -0.2) is 24.9 Å². The molecule has 32 heavy (non-hydrogen) atoms. The van der Waals surface area contributed by atoms with Gasteiger partial charge in [0.1, 0.15) is 0 Å². The van der Waals surface area contributed by atoms with Crippen LogP contribution in [0.4, 0.5) is 11.4 Å². The minimum Gasteiger partial charge on any atom is -1.00 e. The number of halogens is 3. The van der Waals surface area contributed by atoms with Gasteiger partial charge in [0.15, 0.2) is 0 Å². The maximum absolute atomic E-state index is 8.64. The third-order valence-corrected chi connectivity index (χ3v) is 4.31. The molecule has 0 radical (unpaired) electrons. The van der Waals surface area contributed by atoms with Gasteiger partial charge in [-0.25, -0.2) is 0 Å². The van der Waals surface area contributed by atoms with Crippen molar-refractivity contribution in [3.63, 3.8) is 0 Å². The molecule has 0 aliphatic rings. The zero-order valence-electron chi connectivity index (χ0n) is 19.6. The maximum atomic E-state index is 8.64. The average molecular weight is 685 g/mol. The Balaban J connectivity index is -0.000000118. The van der Waals surface area contributed by atoms with Gasteiger partial charge in [0.25, 0.3) is 6.47 Å². The van der Waals surface area contributed by atoms with E-state index in [0.29, 0.717) is 0 Å². The Kier molecular flexibility index (Phi) is 38.6. The van der Waals surface area contributed by atoms with E-state index in [4.69, 9.17) is 15.8 Å². The molecule has 0 aliphatic carbocycles. The summed E-state index contributed by atoms with van der Waals surface area (Å²) in [7, 11) is 0. The molecule has 0 spiro atoms. The molecule has 5 nitrogen and oxygen atoms in total. The first-order valence-electron chi connectivity index (χ1n) is 8.52. The zero-order valence-corrected chi connectivity index (χ0v) is 29.6. The van der Waals surface area contributed by atoms with E-state index in [1.807, 2.05) is 48.6 Å². The second kappa shape index (κ2) is 30.4. The summed E-state index contributed by atoms with van der Waals surface area (Å²) in [5.74, 6) is 0. The van der Waals surface area contributed by atoms with Crippen molar-refractivity contribution in [2.75, 3.05) is 29.1 Å². The fraction of sp³-hybridized carbons (Fsp3) is 0.136. The van der Waals surface area contributed by atoms with Crippen molar-refractivity contribution >= 4 is 65.6 Å². The molecule has 0 amide bonds. The molecule has 0 saturated heterocycles. The van der Waals surface area contributed by atoms with Crippen molar-refractivity contribution in [3.05, 3.63) is 95.4 Å². The monoisotopic (exact) mass is 682 g/mol. The molecule has 0 atom stereocenters. The van der Waals surface area contributed by atoms with Gasteiger partial charge in [-0.05, 0) is 36.4 Å². The van der Waals surface area contributed by atoms with Gasteiger partial charge in [-0.1, -0.05) is 78.2 Å². The van der Waals surface area contributed by atoms with Crippen molar-refractivity contribution in [3.8, 4) is 0 Å². The first kappa shape index (κ1) is 40.6. The number of nitrogens with two attached hydrogens (primary N) is 1. The molecule has 0 saturated carbocycles. The van der Waals surface area contributed by atoms with Crippen LogP contribution >= 0.6 is 47.8 Å². The summed E-state index contributed by atoms with van der Waals surface area (Å²) in [5.41, 5.74) is 7.40. The number of anilines is 2. The van der Waals surface area contributed by atoms with Crippen LogP contribution in [0.3, 0.4) is 0 Å².